The van der Waals surface area contributed by atoms with Gasteiger partial charge in [0.2, 0.25) is 5.91 Å². The molecule has 174 valence electrons. The molecule has 8 nitrogen and oxygen atoms in total. The van der Waals surface area contributed by atoms with Crippen molar-refractivity contribution in [2.45, 2.75) is 26.8 Å². The van der Waals surface area contributed by atoms with Crippen molar-refractivity contribution >= 4 is 34.7 Å². The Bertz CT molecular complexity index is 1320. The number of nitrogens with one attached hydrogen (secondary N) is 1. The molecule has 0 saturated carbocycles. The molecule has 1 fully saturated rings. The number of nitrogens with zero attached hydrogens (tertiary/aromatic N) is 1. The maximum absolute atomic E-state index is 13.3. The molecular weight excluding hydrogens is 436 g/mol. The van der Waals surface area contributed by atoms with Gasteiger partial charge in [-0.05, 0) is 61.4 Å². The highest BCUT2D eigenvalue weighted by atomic mass is 16.5. The van der Waals surface area contributed by atoms with E-state index in [0.29, 0.717) is 28.4 Å². The van der Waals surface area contributed by atoms with Gasteiger partial charge in [-0.2, -0.15) is 0 Å². The summed E-state index contributed by atoms with van der Waals surface area (Å²) in [6.07, 6.45) is 1.43. The quantitative estimate of drug-likeness (QED) is 0.330. The van der Waals surface area contributed by atoms with Gasteiger partial charge in [-0.1, -0.05) is 12.1 Å². The number of amides is 2. The number of carbonyl (C=O) groups excluding carboxylic acids is 3. The first kappa shape index (κ1) is 22.8. The van der Waals surface area contributed by atoms with Gasteiger partial charge in [-0.25, -0.2) is 0 Å². The van der Waals surface area contributed by atoms with Crippen LogP contribution in [0.15, 0.2) is 64.8 Å². The lowest BCUT2D eigenvalue weighted by molar-refractivity contribution is -0.132. The van der Waals surface area contributed by atoms with E-state index in [1.165, 1.54) is 25.2 Å². The topological polar surface area (TPSA) is 109 Å². The predicted octanol–water partition coefficient (Wildman–Crippen LogP) is 4.49. The smallest absolute Gasteiger partial charge is 0.300 e. The molecule has 2 N–H and O–H groups in total. The van der Waals surface area contributed by atoms with Crippen LogP contribution in [0, 0.1) is 13.8 Å². The highest BCUT2D eigenvalue weighted by Crippen LogP contribution is 2.44. The first-order chi connectivity index (χ1) is 16.2. The number of ketones is 1. The average molecular weight is 460 g/mol. The lowest BCUT2D eigenvalue weighted by Crippen LogP contribution is -2.29. The van der Waals surface area contributed by atoms with Crippen molar-refractivity contribution in [1.29, 1.82) is 0 Å². The minimum Gasteiger partial charge on any atom is -0.507 e. The van der Waals surface area contributed by atoms with Gasteiger partial charge < -0.3 is 19.6 Å². The number of furan rings is 1. The molecule has 2 amide bonds. The molecule has 1 atom stereocenters. The molecule has 2 aromatic carbocycles. The Morgan fingerprint density at radius 3 is 2.53 bits per heavy atom. The molecule has 4 rings (SSSR count). The van der Waals surface area contributed by atoms with E-state index in [1.807, 2.05) is 19.9 Å². The summed E-state index contributed by atoms with van der Waals surface area (Å²) in [5.74, 6) is -1.61. The van der Waals surface area contributed by atoms with Crippen LogP contribution in [0.3, 0.4) is 0 Å². The van der Waals surface area contributed by atoms with Gasteiger partial charge in [0.1, 0.15) is 23.3 Å². The molecule has 1 aliphatic rings. The Hall–Kier alpha value is -4.33. The number of aryl methyl sites for hydroxylation is 2. The largest absolute Gasteiger partial charge is 0.507 e. The van der Waals surface area contributed by atoms with Crippen molar-refractivity contribution in [3.05, 3.63) is 82.8 Å². The van der Waals surface area contributed by atoms with E-state index in [4.69, 9.17) is 9.15 Å². The molecule has 1 aliphatic heterocycles. The third-order valence-corrected chi connectivity index (χ3v) is 5.58. The highest BCUT2D eigenvalue weighted by molar-refractivity contribution is 6.51. The maximum atomic E-state index is 13.3. The predicted molar refractivity (Wildman–Crippen MR) is 127 cm³/mol. The Kier molecular flexibility index (Phi) is 5.98. The number of ether oxygens (including phenoxy) is 1. The minimum atomic E-state index is -1.02. The molecule has 2 heterocycles. The Balaban J connectivity index is 1.94. The van der Waals surface area contributed by atoms with E-state index < -0.39 is 17.7 Å². The van der Waals surface area contributed by atoms with Crippen molar-refractivity contribution in [3.8, 4) is 5.75 Å². The monoisotopic (exact) mass is 460 g/mol. The summed E-state index contributed by atoms with van der Waals surface area (Å²) in [5, 5.41) is 14.0. The second-order valence-corrected chi connectivity index (χ2v) is 8.08. The number of Topliss-reactive ketones (excluding diaryl/α,β-unsaturated/α-hetero) is 1. The van der Waals surface area contributed by atoms with Crippen LogP contribution >= 0.6 is 0 Å². The second kappa shape index (κ2) is 8.90. The van der Waals surface area contributed by atoms with Gasteiger partial charge >= 0.3 is 0 Å². The van der Waals surface area contributed by atoms with E-state index >= 15 is 0 Å². The molecule has 34 heavy (non-hydrogen) atoms. The maximum Gasteiger partial charge on any atom is 0.300 e. The van der Waals surface area contributed by atoms with E-state index in [9.17, 15) is 19.5 Å². The van der Waals surface area contributed by atoms with E-state index in [-0.39, 0.29) is 17.2 Å². The second-order valence-electron chi connectivity index (χ2n) is 8.08. The third kappa shape index (κ3) is 3.94. The van der Waals surface area contributed by atoms with Gasteiger partial charge in [0.05, 0.1) is 24.5 Å². The summed E-state index contributed by atoms with van der Waals surface area (Å²) in [5.41, 5.74) is 2.64. The Morgan fingerprint density at radius 2 is 1.88 bits per heavy atom. The summed E-state index contributed by atoms with van der Waals surface area (Å²) in [4.78, 5) is 39.3. The van der Waals surface area contributed by atoms with Gasteiger partial charge in [-0.15, -0.1) is 0 Å². The molecule has 1 saturated heterocycles. The number of hydrogen-bond acceptors (Lipinski definition) is 6. The summed E-state index contributed by atoms with van der Waals surface area (Å²) in [7, 11) is 1.48. The zero-order chi connectivity index (χ0) is 24.6. The van der Waals surface area contributed by atoms with Crippen LogP contribution < -0.4 is 15.0 Å². The summed E-state index contributed by atoms with van der Waals surface area (Å²) >= 11 is 0. The zero-order valence-electron chi connectivity index (χ0n) is 19.2. The van der Waals surface area contributed by atoms with Gasteiger partial charge in [0, 0.05) is 18.3 Å². The van der Waals surface area contributed by atoms with Gasteiger partial charge in [0.25, 0.3) is 11.7 Å². The van der Waals surface area contributed by atoms with Crippen molar-refractivity contribution in [1.82, 2.24) is 0 Å². The van der Waals surface area contributed by atoms with Crippen molar-refractivity contribution in [2.75, 3.05) is 17.3 Å². The molecule has 3 aromatic rings. The molecule has 0 spiro atoms. The fourth-order valence-corrected chi connectivity index (χ4v) is 4.30. The first-order valence-electron chi connectivity index (χ1n) is 10.6. The highest BCUT2D eigenvalue weighted by Gasteiger charge is 2.48. The summed E-state index contributed by atoms with van der Waals surface area (Å²) in [6, 6.07) is 12.4. The number of benzene rings is 2. The summed E-state index contributed by atoms with van der Waals surface area (Å²) in [6.45, 7) is 5.07. The molecule has 0 aliphatic carbocycles. The first-order valence-corrected chi connectivity index (χ1v) is 10.6. The Morgan fingerprint density at radius 1 is 1.12 bits per heavy atom. The number of anilines is 2. The van der Waals surface area contributed by atoms with E-state index in [1.54, 1.807) is 42.5 Å². The van der Waals surface area contributed by atoms with Crippen molar-refractivity contribution in [3.63, 3.8) is 0 Å². The number of carbonyl (C=O) groups is 3. The minimum absolute atomic E-state index is 0.117. The number of hydrogen-bond donors (Lipinski definition) is 2. The molecule has 0 bridgehead atoms. The number of methoxy groups -OCH3 is 1. The summed E-state index contributed by atoms with van der Waals surface area (Å²) < 4.78 is 11.1. The number of aliphatic hydroxyl groups is 1. The van der Waals surface area contributed by atoms with Crippen LogP contribution in [0.1, 0.15) is 35.4 Å². The van der Waals surface area contributed by atoms with E-state index in [2.05, 4.69) is 5.32 Å². The Labute approximate surface area is 196 Å². The molecule has 0 radical (unpaired) electrons. The standard InChI is InChI=1S/C26H24N2O6/c1-14-11-15(2)25(33-4)19(12-14)23(30)21-22(20-9-6-10-34-20)28(26(32)24(21)31)18-8-5-7-17(13-18)27-16(3)29/h5-13,22,30H,1-4H3,(H,27,29)/b23-21-. The zero-order valence-corrected chi connectivity index (χ0v) is 19.2. The van der Waals surface area contributed by atoms with Crippen LogP contribution in [0.2, 0.25) is 0 Å². The SMILES string of the molecule is COc1c(C)cc(C)cc1/C(O)=C1/C(=O)C(=O)N(c2cccc(NC(C)=O)c2)C1c1ccco1. The number of aliphatic hydroxyl groups excluding tert-OH is 1. The van der Waals surface area contributed by atoms with Crippen LogP contribution in [0.5, 0.6) is 5.75 Å². The fraction of sp³-hybridized carbons (Fsp3) is 0.192. The molecule has 1 aromatic heterocycles. The molecule has 1 unspecified atom stereocenters. The lowest BCUT2D eigenvalue weighted by atomic mass is 9.96. The molecular formula is C26H24N2O6. The lowest BCUT2D eigenvalue weighted by Gasteiger charge is -2.24. The van der Waals surface area contributed by atoms with Crippen LogP contribution in [0.25, 0.3) is 5.76 Å². The van der Waals surface area contributed by atoms with Crippen LogP contribution in [-0.4, -0.2) is 29.8 Å². The van der Waals surface area contributed by atoms with Gasteiger partial charge in [-0.3, -0.25) is 19.3 Å². The fourth-order valence-electron chi connectivity index (χ4n) is 4.30. The third-order valence-electron chi connectivity index (χ3n) is 5.58. The average Bonchev–Trinajstić information content (AvgIpc) is 3.39. The van der Waals surface area contributed by atoms with Crippen molar-refractivity contribution < 1.29 is 28.6 Å². The van der Waals surface area contributed by atoms with Gasteiger partial charge in [0.15, 0.2) is 0 Å². The van der Waals surface area contributed by atoms with E-state index in [0.717, 1.165) is 11.1 Å². The van der Waals surface area contributed by atoms with Crippen molar-refractivity contribution in [2.24, 2.45) is 0 Å². The van der Waals surface area contributed by atoms with Crippen LogP contribution in [-0.2, 0) is 14.4 Å². The van der Waals surface area contributed by atoms with Crippen LogP contribution in [0.4, 0.5) is 11.4 Å². The number of rotatable bonds is 5. The molecule has 8 heteroatoms. The normalized spacial score (nSPS) is 17.2.